The molecule has 1 aromatic heterocycles. The van der Waals surface area contributed by atoms with E-state index in [-0.39, 0.29) is 5.89 Å². The van der Waals surface area contributed by atoms with Gasteiger partial charge in [0.15, 0.2) is 5.58 Å². The summed E-state index contributed by atoms with van der Waals surface area (Å²) >= 11 is 11.8. The van der Waals surface area contributed by atoms with Gasteiger partial charge in [-0.3, -0.25) is 0 Å². The maximum atomic E-state index is 9.67. The SMILES string of the molecule is NCCC(O)c1nc2cc(Cl)cc(Cl)c2o1. The van der Waals surface area contributed by atoms with Gasteiger partial charge in [0, 0.05) is 5.02 Å². The van der Waals surface area contributed by atoms with E-state index in [1.165, 1.54) is 0 Å². The summed E-state index contributed by atoms with van der Waals surface area (Å²) in [5.41, 5.74) is 6.30. The Balaban J connectivity index is 2.47. The van der Waals surface area contributed by atoms with Crippen molar-refractivity contribution in [2.75, 3.05) is 6.54 Å². The first-order chi connectivity index (χ1) is 7.61. The standard InChI is InChI=1S/C10H10Cl2N2O2/c11-5-3-6(12)9-7(4-5)14-10(16-9)8(15)1-2-13/h3-4,8,15H,1-2,13H2. The topological polar surface area (TPSA) is 72.3 Å². The third-order valence-electron chi connectivity index (χ3n) is 2.15. The highest BCUT2D eigenvalue weighted by Gasteiger charge is 2.16. The van der Waals surface area contributed by atoms with Crippen molar-refractivity contribution < 1.29 is 9.52 Å². The van der Waals surface area contributed by atoms with E-state index in [9.17, 15) is 5.11 Å². The van der Waals surface area contributed by atoms with Crippen LogP contribution in [0, 0.1) is 0 Å². The van der Waals surface area contributed by atoms with Crippen LogP contribution in [0.3, 0.4) is 0 Å². The molecule has 1 heterocycles. The van der Waals surface area contributed by atoms with Gasteiger partial charge in [-0.05, 0) is 25.1 Å². The number of aliphatic hydroxyl groups is 1. The molecule has 0 bridgehead atoms. The number of aromatic nitrogens is 1. The second-order valence-corrected chi connectivity index (χ2v) is 4.22. The van der Waals surface area contributed by atoms with Crippen molar-refractivity contribution in [3.63, 3.8) is 0 Å². The number of fused-ring (bicyclic) bond motifs is 1. The molecule has 0 aliphatic carbocycles. The Morgan fingerprint density at radius 1 is 1.44 bits per heavy atom. The first kappa shape index (κ1) is 11.7. The normalized spacial score (nSPS) is 13.2. The van der Waals surface area contributed by atoms with E-state index in [1.54, 1.807) is 12.1 Å². The molecule has 3 N–H and O–H groups in total. The fourth-order valence-corrected chi connectivity index (χ4v) is 1.92. The van der Waals surface area contributed by atoms with Crippen LogP contribution in [0.2, 0.25) is 10.0 Å². The summed E-state index contributed by atoms with van der Waals surface area (Å²) < 4.78 is 5.36. The molecule has 1 aromatic carbocycles. The van der Waals surface area contributed by atoms with E-state index in [0.717, 1.165) is 0 Å². The highest BCUT2D eigenvalue weighted by atomic mass is 35.5. The molecule has 0 aliphatic heterocycles. The zero-order valence-electron chi connectivity index (χ0n) is 8.28. The molecular formula is C10H10Cl2N2O2. The Labute approximate surface area is 102 Å². The van der Waals surface area contributed by atoms with Crippen molar-refractivity contribution in [1.29, 1.82) is 0 Å². The van der Waals surface area contributed by atoms with Gasteiger partial charge in [0.1, 0.15) is 11.6 Å². The summed E-state index contributed by atoms with van der Waals surface area (Å²) in [4.78, 5) is 4.11. The minimum Gasteiger partial charge on any atom is -0.436 e. The molecule has 0 spiro atoms. The molecule has 2 rings (SSSR count). The van der Waals surface area contributed by atoms with Crippen LogP contribution >= 0.6 is 23.2 Å². The van der Waals surface area contributed by atoms with Gasteiger partial charge >= 0.3 is 0 Å². The van der Waals surface area contributed by atoms with Gasteiger partial charge in [0.2, 0.25) is 5.89 Å². The van der Waals surface area contributed by atoms with Crippen LogP contribution in [-0.2, 0) is 0 Å². The number of nitrogens with zero attached hydrogens (tertiary/aromatic N) is 1. The van der Waals surface area contributed by atoms with Crippen LogP contribution in [0.1, 0.15) is 18.4 Å². The number of halogens is 2. The van der Waals surface area contributed by atoms with Crippen molar-refractivity contribution in [1.82, 2.24) is 4.98 Å². The number of nitrogens with two attached hydrogens (primary N) is 1. The summed E-state index contributed by atoms with van der Waals surface area (Å²) in [5.74, 6) is 0.213. The fourth-order valence-electron chi connectivity index (χ4n) is 1.40. The average Bonchev–Trinajstić information content (AvgIpc) is 2.62. The highest BCUT2D eigenvalue weighted by molar-refractivity contribution is 6.37. The quantitative estimate of drug-likeness (QED) is 0.890. The van der Waals surface area contributed by atoms with Gasteiger partial charge in [0.05, 0.1) is 5.02 Å². The van der Waals surface area contributed by atoms with E-state index >= 15 is 0 Å². The fraction of sp³-hybridized carbons (Fsp3) is 0.300. The molecule has 1 unspecified atom stereocenters. The molecule has 16 heavy (non-hydrogen) atoms. The van der Waals surface area contributed by atoms with Crippen molar-refractivity contribution >= 4 is 34.3 Å². The number of benzene rings is 1. The van der Waals surface area contributed by atoms with Crippen LogP contribution in [-0.4, -0.2) is 16.6 Å². The summed E-state index contributed by atoms with van der Waals surface area (Å²) in [6.45, 7) is 0.356. The Bertz CT molecular complexity index is 513. The second kappa shape index (κ2) is 4.59. The van der Waals surface area contributed by atoms with Crippen LogP contribution in [0.4, 0.5) is 0 Å². The van der Waals surface area contributed by atoms with Crippen LogP contribution in [0.25, 0.3) is 11.1 Å². The second-order valence-electron chi connectivity index (χ2n) is 3.38. The highest BCUT2D eigenvalue weighted by Crippen LogP contribution is 2.30. The Kier molecular flexibility index (Phi) is 3.35. The molecule has 2 aromatic rings. The molecular weight excluding hydrogens is 251 g/mol. The minimum atomic E-state index is -0.813. The average molecular weight is 261 g/mol. The lowest BCUT2D eigenvalue weighted by Crippen LogP contribution is -2.06. The number of aliphatic hydroxyl groups excluding tert-OH is 1. The summed E-state index contributed by atoms with van der Waals surface area (Å²) in [5, 5.41) is 10.5. The molecule has 0 saturated carbocycles. The Morgan fingerprint density at radius 2 is 2.19 bits per heavy atom. The monoisotopic (exact) mass is 260 g/mol. The predicted molar refractivity (Wildman–Crippen MR) is 62.7 cm³/mol. The summed E-state index contributed by atoms with van der Waals surface area (Å²) in [7, 11) is 0. The first-order valence-electron chi connectivity index (χ1n) is 4.75. The van der Waals surface area contributed by atoms with E-state index in [0.29, 0.717) is 34.1 Å². The Morgan fingerprint density at radius 3 is 2.88 bits per heavy atom. The molecule has 0 fully saturated rings. The Hall–Kier alpha value is -0.810. The number of hydrogen-bond acceptors (Lipinski definition) is 4. The lowest BCUT2D eigenvalue weighted by atomic mass is 10.2. The number of oxazole rings is 1. The van der Waals surface area contributed by atoms with Gasteiger partial charge in [-0.25, -0.2) is 4.98 Å². The van der Waals surface area contributed by atoms with Crippen LogP contribution < -0.4 is 5.73 Å². The van der Waals surface area contributed by atoms with Gasteiger partial charge in [-0.15, -0.1) is 0 Å². The molecule has 0 saturated heterocycles. The maximum absolute atomic E-state index is 9.67. The molecule has 6 heteroatoms. The van der Waals surface area contributed by atoms with E-state index in [2.05, 4.69) is 4.98 Å². The lowest BCUT2D eigenvalue weighted by Gasteiger charge is -2.02. The van der Waals surface area contributed by atoms with Crippen molar-refractivity contribution in [3.8, 4) is 0 Å². The van der Waals surface area contributed by atoms with E-state index < -0.39 is 6.10 Å². The van der Waals surface area contributed by atoms with Crippen molar-refractivity contribution in [2.24, 2.45) is 5.73 Å². The van der Waals surface area contributed by atoms with Crippen LogP contribution in [0.5, 0.6) is 0 Å². The molecule has 0 radical (unpaired) electrons. The molecule has 0 amide bonds. The zero-order valence-corrected chi connectivity index (χ0v) is 9.79. The zero-order chi connectivity index (χ0) is 11.7. The van der Waals surface area contributed by atoms with E-state index in [1.807, 2.05) is 0 Å². The van der Waals surface area contributed by atoms with Gasteiger partial charge in [-0.1, -0.05) is 23.2 Å². The number of hydrogen-bond donors (Lipinski definition) is 2. The van der Waals surface area contributed by atoms with Crippen molar-refractivity contribution in [2.45, 2.75) is 12.5 Å². The maximum Gasteiger partial charge on any atom is 0.224 e. The summed E-state index contributed by atoms with van der Waals surface area (Å²) in [6, 6.07) is 3.20. The third kappa shape index (κ3) is 2.15. The molecule has 86 valence electrons. The predicted octanol–water partition coefficient (Wildman–Crippen LogP) is 2.52. The first-order valence-corrected chi connectivity index (χ1v) is 5.51. The number of rotatable bonds is 3. The third-order valence-corrected chi connectivity index (χ3v) is 2.65. The molecule has 1 atom stereocenters. The molecule has 0 aliphatic rings. The summed E-state index contributed by atoms with van der Waals surface area (Å²) in [6.07, 6.45) is -0.426. The van der Waals surface area contributed by atoms with E-state index in [4.69, 9.17) is 33.4 Å². The molecule has 4 nitrogen and oxygen atoms in total. The van der Waals surface area contributed by atoms with Gasteiger partial charge in [0.25, 0.3) is 0 Å². The van der Waals surface area contributed by atoms with Crippen LogP contribution in [0.15, 0.2) is 16.5 Å². The smallest absolute Gasteiger partial charge is 0.224 e. The minimum absolute atomic E-state index is 0.213. The van der Waals surface area contributed by atoms with Gasteiger partial charge in [-0.2, -0.15) is 0 Å². The van der Waals surface area contributed by atoms with Gasteiger partial charge < -0.3 is 15.3 Å². The van der Waals surface area contributed by atoms with Crippen molar-refractivity contribution in [3.05, 3.63) is 28.1 Å². The lowest BCUT2D eigenvalue weighted by molar-refractivity contribution is 0.139. The largest absolute Gasteiger partial charge is 0.436 e.